The van der Waals surface area contributed by atoms with Gasteiger partial charge in [-0.05, 0) is 68.7 Å². The largest absolute Gasteiger partial charge is 0.485 e. The molecule has 0 saturated carbocycles. The van der Waals surface area contributed by atoms with Crippen molar-refractivity contribution in [3.8, 4) is 5.75 Å². The smallest absolute Gasteiger partial charge is 0.132 e. The number of hydrogen-bond donors (Lipinski definition) is 1. The highest BCUT2D eigenvalue weighted by molar-refractivity contribution is 6.31. The Morgan fingerprint density at radius 1 is 0.970 bits per heavy atom. The first kappa shape index (κ1) is 23.6. The molecule has 3 aromatic carbocycles. The third kappa shape index (κ3) is 5.35. The number of nitrogens with one attached hydrogen (secondary N) is 1. The van der Waals surface area contributed by atoms with Gasteiger partial charge in [-0.1, -0.05) is 54.1 Å². The topological polar surface area (TPSA) is 39.7 Å². The van der Waals surface area contributed by atoms with Crippen LogP contribution in [0.1, 0.15) is 49.1 Å². The average molecular weight is 466 g/mol. The summed E-state index contributed by atoms with van der Waals surface area (Å²) in [5.74, 6) is 0.831. The predicted octanol–water partition coefficient (Wildman–Crippen LogP) is 7.09. The van der Waals surface area contributed by atoms with Crippen LogP contribution in [0.5, 0.6) is 5.75 Å². The number of anilines is 1. The highest BCUT2D eigenvalue weighted by Crippen LogP contribution is 2.44. The highest BCUT2D eigenvalue weighted by atomic mass is 35.5. The van der Waals surface area contributed by atoms with Gasteiger partial charge in [0.25, 0.3) is 0 Å². The molecule has 0 bridgehead atoms. The molecule has 4 rings (SSSR count). The molecule has 5 heteroatoms. The molecule has 2 atom stereocenters. The summed E-state index contributed by atoms with van der Waals surface area (Å²) in [5.41, 5.74) is 4.95. The van der Waals surface area contributed by atoms with Crippen molar-refractivity contribution in [2.45, 2.75) is 58.7 Å². The normalized spacial score (nSPS) is 18.9. The van der Waals surface area contributed by atoms with Crippen LogP contribution in [0.2, 0.25) is 5.02 Å². The van der Waals surface area contributed by atoms with Crippen LogP contribution in [0.25, 0.3) is 0 Å². The van der Waals surface area contributed by atoms with E-state index in [0.717, 1.165) is 29.1 Å². The molecule has 3 aromatic rings. The molecule has 0 amide bonds. The van der Waals surface area contributed by atoms with E-state index >= 15 is 0 Å². The second-order valence-electron chi connectivity index (χ2n) is 8.94. The van der Waals surface area contributed by atoms with Crippen molar-refractivity contribution in [2.24, 2.45) is 0 Å². The average Bonchev–Trinajstić information content (AvgIpc) is 2.79. The summed E-state index contributed by atoms with van der Waals surface area (Å²) in [7, 11) is 0. The number of hydrogen-bond acceptors (Lipinski definition) is 4. The zero-order chi connectivity index (χ0) is 23.4. The minimum atomic E-state index is -0.565. The second kappa shape index (κ2) is 10.2. The van der Waals surface area contributed by atoms with Crippen LogP contribution in [-0.4, -0.2) is 18.3 Å². The van der Waals surface area contributed by atoms with E-state index in [9.17, 15) is 0 Å². The van der Waals surface area contributed by atoms with Gasteiger partial charge in [0.05, 0.1) is 6.61 Å². The first-order chi connectivity index (χ1) is 15.9. The third-order valence-corrected chi connectivity index (χ3v) is 6.48. The minimum absolute atomic E-state index is 0.253. The molecule has 1 aliphatic heterocycles. The second-order valence-corrected chi connectivity index (χ2v) is 9.34. The van der Waals surface area contributed by atoms with Gasteiger partial charge in [0.15, 0.2) is 0 Å². The lowest BCUT2D eigenvalue weighted by Gasteiger charge is -2.44. The van der Waals surface area contributed by atoms with Gasteiger partial charge < -0.3 is 19.5 Å². The zero-order valence-electron chi connectivity index (χ0n) is 19.7. The maximum Gasteiger partial charge on any atom is 0.132 e. The molecule has 33 heavy (non-hydrogen) atoms. The Labute approximate surface area is 201 Å². The standard InChI is InChI=1S/C28H32ClNO3/c1-5-31-26-23-16-22(30-17-20-11-7-6-10-19(20)2)14-15-25(23)33-28(3,4)27(26)32-18-21-12-8-9-13-24(21)29/h6-16,26-27,30H,5,17-18H2,1-4H3. The summed E-state index contributed by atoms with van der Waals surface area (Å²) in [6.45, 7) is 9.95. The Morgan fingerprint density at radius 2 is 1.70 bits per heavy atom. The molecular weight excluding hydrogens is 434 g/mol. The molecule has 1 heterocycles. The van der Waals surface area contributed by atoms with Crippen LogP contribution in [-0.2, 0) is 22.6 Å². The third-order valence-electron chi connectivity index (χ3n) is 6.12. The lowest BCUT2D eigenvalue weighted by atomic mass is 9.87. The van der Waals surface area contributed by atoms with E-state index in [0.29, 0.717) is 18.2 Å². The molecule has 0 saturated heterocycles. The summed E-state index contributed by atoms with van der Waals surface area (Å²) >= 11 is 6.36. The lowest BCUT2D eigenvalue weighted by molar-refractivity contribution is -0.165. The van der Waals surface area contributed by atoms with Gasteiger partial charge in [0, 0.05) is 29.4 Å². The Bertz CT molecular complexity index is 1100. The van der Waals surface area contributed by atoms with Crippen LogP contribution in [0.15, 0.2) is 66.7 Å². The van der Waals surface area contributed by atoms with Crippen molar-refractivity contribution >= 4 is 17.3 Å². The van der Waals surface area contributed by atoms with E-state index in [2.05, 4.69) is 48.6 Å². The van der Waals surface area contributed by atoms with Crippen molar-refractivity contribution in [1.82, 2.24) is 0 Å². The van der Waals surface area contributed by atoms with Crippen molar-refractivity contribution in [3.05, 3.63) is 94.0 Å². The van der Waals surface area contributed by atoms with Gasteiger partial charge in [-0.15, -0.1) is 0 Å². The summed E-state index contributed by atoms with van der Waals surface area (Å²) in [5, 5.41) is 4.24. The van der Waals surface area contributed by atoms with Gasteiger partial charge >= 0.3 is 0 Å². The van der Waals surface area contributed by atoms with Crippen LogP contribution in [0.3, 0.4) is 0 Å². The Balaban J connectivity index is 1.58. The van der Waals surface area contributed by atoms with E-state index in [1.54, 1.807) is 0 Å². The predicted molar refractivity (Wildman–Crippen MR) is 134 cm³/mol. The Hall–Kier alpha value is -2.53. The number of fused-ring (bicyclic) bond motifs is 1. The molecular formula is C28H32ClNO3. The van der Waals surface area contributed by atoms with Crippen molar-refractivity contribution in [3.63, 3.8) is 0 Å². The number of rotatable bonds is 8. The van der Waals surface area contributed by atoms with E-state index in [-0.39, 0.29) is 12.2 Å². The zero-order valence-corrected chi connectivity index (χ0v) is 20.5. The van der Waals surface area contributed by atoms with Gasteiger partial charge in [-0.2, -0.15) is 0 Å². The van der Waals surface area contributed by atoms with Crippen molar-refractivity contribution in [1.29, 1.82) is 0 Å². The first-order valence-corrected chi connectivity index (χ1v) is 11.8. The molecule has 0 spiro atoms. The van der Waals surface area contributed by atoms with E-state index in [4.69, 9.17) is 25.8 Å². The highest BCUT2D eigenvalue weighted by Gasteiger charge is 2.45. The van der Waals surface area contributed by atoms with Crippen molar-refractivity contribution < 1.29 is 14.2 Å². The number of aryl methyl sites for hydroxylation is 1. The lowest BCUT2D eigenvalue weighted by Crippen LogP contribution is -2.51. The van der Waals surface area contributed by atoms with Gasteiger partial charge in [-0.3, -0.25) is 0 Å². The number of halogens is 1. The van der Waals surface area contributed by atoms with Gasteiger partial charge in [0.1, 0.15) is 23.6 Å². The minimum Gasteiger partial charge on any atom is -0.485 e. The molecule has 2 unspecified atom stereocenters. The monoisotopic (exact) mass is 465 g/mol. The van der Waals surface area contributed by atoms with E-state index in [1.165, 1.54) is 11.1 Å². The maximum atomic E-state index is 6.42. The number of benzene rings is 3. The molecule has 1 N–H and O–H groups in total. The molecule has 0 fully saturated rings. The van der Waals surface area contributed by atoms with Crippen molar-refractivity contribution in [2.75, 3.05) is 11.9 Å². The SMILES string of the molecule is CCOC1c2cc(NCc3ccccc3C)ccc2OC(C)(C)C1OCc1ccccc1Cl. The van der Waals surface area contributed by atoms with Crippen LogP contribution in [0.4, 0.5) is 5.69 Å². The quantitative estimate of drug-likeness (QED) is 0.385. The van der Waals surface area contributed by atoms with E-state index in [1.807, 2.05) is 51.1 Å². The number of ether oxygens (including phenoxy) is 3. The fourth-order valence-corrected chi connectivity index (χ4v) is 4.48. The fourth-order valence-electron chi connectivity index (χ4n) is 4.29. The summed E-state index contributed by atoms with van der Waals surface area (Å²) in [4.78, 5) is 0. The van der Waals surface area contributed by atoms with Crippen LogP contribution < -0.4 is 10.1 Å². The molecule has 0 aliphatic carbocycles. The molecule has 1 aliphatic rings. The van der Waals surface area contributed by atoms with Gasteiger partial charge in [0.2, 0.25) is 0 Å². The molecule has 0 aromatic heterocycles. The summed E-state index contributed by atoms with van der Waals surface area (Å²) < 4.78 is 19.1. The maximum absolute atomic E-state index is 6.42. The molecule has 174 valence electrons. The molecule has 0 radical (unpaired) electrons. The van der Waals surface area contributed by atoms with Gasteiger partial charge in [-0.25, -0.2) is 0 Å². The van der Waals surface area contributed by atoms with E-state index < -0.39 is 5.60 Å². The van der Waals surface area contributed by atoms with Crippen LogP contribution >= 0.6 is 11.6 Å². The first-order valence-electron chi connectivity index (χ1n) is 11.5. The summed E-state index contributed by atoms with van der Waals surface area (Å²) in [6, 6.07) is 22.4. The van der Waals surface area contributed by atoms with Crippen LogP contribution in [0, 0.1) is 6.92 Å². The Kier molecular flexibility index (Phi) is 7.28. The molecule has 4 nitrogen and oxygen atoms in total. The fraction of sp³-hybridized carbons (Fsp3) is 0.357. The Morgan fingerprint density at radius 3 is 2.42 bits per heavy atom. The summed E-state index contributed by atoms with van der Waals surface area (Å²) in [6.07, 6.45) is -0.552.